The van der Waals surface area contributed by atoms with Gasteiger partial charge in [-0.3, -0.25) is 9.79 Å². The first-order valence-electron chi connectivity index (χ1n) is 12.1. The van der Waals surface area contributed by atoms with E-state index in [2.05, 4.69) is 29.4 Å². The van der Waals surface area contributed by atoms with Crippen molar-refractivity contribution in [3.8, 4) is 11.3 Å². The van der Waals surface area contributed by atoms with E-state index in [9.17, 15) is 4.79 Å². The first-order chi connectivity index (χ1) is 18.2. The summed E-state index contributed by atoms with van der Waals surface area (Å²) in [7, 11) is 0. The Hall–Kier alpha value is -3.39. The van der Waals surface area contributed by atoms with Crippen molar-refractivity contribution in [2.75, 3.05) is 5.32 Å². The van der Waals surface area contributed by atoms with Crippen molar-refractivity contribution in [3.05, 3.63) is 94.2 Å². The van der Waals surface area contributed by atoms with Crippen LogP contribution in [0.15, 0.2) is 80.5 Å². The number of amides is 1. The molecule has 1 N–H and O–H groups in total. The van der Waals surface area contributed by atoms with Gasteiger partial charge in [-0.05, 0) is 93.4 Å². The summed E-state index contributed by atoms with van der Waals surface area (Å²) in [6.07, 6.45) is 1.71. The van der Waals surface area contributed by atoms with Crippen LogP contribution in [0.1, 0.15) is 29.4 Å². The first kappa shape index (κ1) is 26.2. The molecule has 5 rings (SSSR count). The van der Waals surface area contributed by atoms with Gasteiger partial charge in [0.1, 0.15) is 11.5 Å². The molecule has 0 saturated carbocycles. The summed E-state index contributed by atoms with van der Waals surface area (Å²) in [6.45, 7) is 8.00. The molecular formula is C30H26ClN3O2S2. The summed E-state index contributed by atoms with van der Waals surface area (Å²) < 4.78 is 7.77. The van der Waals surface area contributed by atoms with Crippen LogP contribution in [0.25, 0.3) is 21.5 Å². The largest absolute Gasteiger partial charge is 0.455 e. The number of carbonyl (C=O) groups excluding carboxylic acids is 1. The second-order valence-corrected chi connectivity index (χ2v) is 12.2. The third-order valence-electron chi connectivity index (χ3n) is 6.02. The fourth-order valence-corrected chi connectivity index (χ4v) is 6.53. The Morgan fingerprint density at radius 3 is 2.53 bits per heavy atom. The highest BCUT2D eigenvalue weighted by atomic mass is 35.5. The van der Waals surface area contributed by atoms with Crippen LogP contribution in [0.5, 0.6) is 0 Å². The molecule has 38 heavy (non-hydrogen) atoms. The number of thioether (sulfide) groups is 1. The molecule has 8 heteroatoms. The quantitative estimate of drug-likeness (QED) is 0.159. The molecule has 2 heterocycles. The topological polar surface area (TPSA) is 67.5 Å². The molecule has 0 aliphatic heterocycles. The van der Waals surface area contributed by atoms with Gasteiger partial charge in [-0.15, -0.1) is 11.3 Å². The molecule has 0 radical (unpaired) electrons. The van der Waals surface area contributed by atoms with E-state index in [0.29, 0.717) is 10.8 Å². The summed E-state index contributed by atoms with van der Waals surface area (Å²) in [6, 6.07) is 21.4. The molecule has 0 spiro atoms. The number of carbonyl (C=O) groups is 1. The molecule has 0 aliphatic carbocycles. The predicted molar refractivity (Wildman–Crippen MR) is 161 cm³/mol. The highest BCUT2D eigenvalue weighted by Gasteiger charge is 2.19. The van der Waals surface area contributed by atoms with Crippen molar-refractivity contribution in [3.63, 3.8) is 0 Å². The summed E-state index contributed by atoms with van der Waals surface area (Å²) in [5.41, 5.74) is 6.85. The summed E-state index contributed by atoms with van der Waals surface area (Å²) in [5, 5.41) is 3.50. The highest BCUT2D eigenvalue weighted by molar-refractivity contribution is 8.02. The maximum Gasteiger partial charge on any atom is 0.237 e. The van der Waals surface area contributed by atoms with E-state index in [1.807, 2.05) is 75.4 Å². The molecule has 1 atom stereocenters. The summed E-state index contributed by atoms with van der Waals surface area (Å²) in [5.74, 6) is 1.38. The molecule has 2 aromatic heterocycles. The van der Waals surface area contributed by atoms with Crippen LogP contribution in [0.3, 0.4) is 0 Å². The van der Waals surface area contributed by atoms with Gasteiger partial charge in [0.15, 0.2) is 4.34 Å². The molecule has 3 aromatic carbocycles. The number of aromatic nitrogens is 1. The zero-order chi connectivity index (χ0) is 26.8. The lowest BCUT2D eigenvalue weighted by atomic mass is 10.1. The minimum atomic E-state index is -0.290. The maximum absolute atomic E-state index is 12.9. The molecule has 1 amide bonds. The Labute approximate surface area is 235 Å². The molecule has 0 saturated heterocycles. The van der Waals surface area contributed by atoms with Crippen LogP contribution in [0.4, 0.5) is 11.4 Å². The number of halogens is 1. The number of benzene rings is 3. The molecular weight excluding hydrogens is 534 g/mol. The van der Waals surface area contributed by atoms with Gasteiger partial charge in [0, 0.05) is 16.3 Å². The predicted octanol–water partition coefficient (Wildman–Crippen LogP) is 9.00. The number of hydrogen-bond donors (Lipinski definition) is 1. The number of aryl methyl sites for hydroxylation is 3. The first-order valence-corrected chi connectivity index (χ1v) is 14.2. The number of fused-ring (bicyclic) bond motifs is 1. The molecule has 0 aliphatic rings. The van der Waals surface area contributed by atoms with E-state index in [-0.39, 0.29) is 11.2 Å². The van der Waals surface area contributed by atoms with Crippen molar-refractivity contribution in [2.24, 2.45) is 4.99 Å². The number of anilines is 1. The maximum atomic E-state index is 12.9. The van der Waals surface area contributed by atoms with Gasteiger partial charge >= 0.3 is 0 Å². The highest BCUT2D eigenvalue weighted by Crippen LogP contribution is 2.35. The van der Waals surface area contributed by atoms with Gasteiger partial charge < -0.3 is 9.73 Å². The lowest BCUT2D eigenvalue weighted by Crippen LogP contribution is -2.23. The van der Waals surface area contributed by atoms with Crippen LogP contribution < -0.4 is 5.32 Å². The molecule has 0 fully saturated rings. The van der Waals surface area contributed by atoms with Crippen LogP contribution in [-0.2, 0) is 4.79 Å². The SMILES string of the molecule is Cc1cc(C)c(NC(=O)[C@@H](C)Sc2nc3ccc(N=Cc4ccc(-c5ccc(Cl)cc5)o4)cc3s2)c(C)c1. The fraction of sp³-hybridized carbons (Fsp3) is 0.167. The number of nitrogens with one attached hydrogen (secondary N) is 1. The number of hydrogen-bond acceptors (Lipinski definition) is 6. The number of rotatable bonds is 7. The van der Waals surface area contributed by atoms with E-state index in [1.165, 1.54) is 17.3 Å². The second-order valence-electron chi connectivity index (χ2n) is 9.12. The van der Waals surface area contributed by atoms with Crippen molar-refractivity contribution in [1.29, 1.82) is 0 Å². The van der Waals surface area contributed by atoms with Gasteiger partial charge in [0.2, 0.25) is 5.91 Å². The lowest BCUT2D eigenvalue weighted by Gasteiger charge is -2.15. The average molecular weight is 560 g/mol. The number of furan rings is 1. The summed E-state index contributed by atoms with van der Waals surface area (Å²) >= 11 is 9.00. The lowest BCUT2D eigenvalue weighted by molar-refractivity contribution is -0.115. The van der Waals surface area contributed by atoms with Crippen molar-refractivity contribution in [2.45, 2.75) is 37.3 Å². The van der Waals surface area contributed by atoms with Crippen LogP contribution in [-0.4, -0.2) is 22.4 Å². The van der Waals surface area contributed by atoms with Crippen molar-refractivity contribution < 1.29 is 9.21 Å². The third kappa shape index (κ3) is 6.01. The smallest absolute Gasteiger partial charge is 0.237 e. The zero-order valence-corrected chi connectivity index (χ0v) is 23.8. The molecule has 192 valence electrons. The zero-order valence-electron chi connectivity index (χ0n) is 21.4. The average Bonchev–Trinajstić information content (AvgIpc) is 3.51. The Morgan fingerprint density at radius 1 is 1.05 bits per heavy atom. The monoisotopic (exact) mass is 559 g/mol. The Bertz CT molecular complexity index is 1630. The van der Waals surface area contributed by atoms with Crippen molar-refractivity contribution >= 4 is 68.4 Å². The Morgan fingerprint density at radius 2 is 1.79 bits per heavy atom. The summed E-state index contributed by atoms with van der Waals surface area (Å²) in [4.78, 5) is 22.2. The van der Waals surface area contributed by atoms with Gasteiger partial charge in [0.25, 0.3) is 0 Å². The normalized spacial score (nSPS) is 12.3. The minimum absolute atomic E-state index is 0.0361. The van der Waals surface area contributed by atoms with E-state index < -0.39 is 0 Å². The number of aliphatic imine (C=N–C) groups is 1. The molecule has 0 bridgehead atoms. The molecule has 5 aromatic rings. The molecule has 0 unspecified atom stereocenters. The molecule has 5 nitrogen and oxygen atoms in total. The Balaban J connectivity index is 1.25. The van der Waals surface area contributed by atoms with Crippen LogP contribution >= 0.6 is 34.7 Å². The van der Waals surface area contributed by atoms with E-state index in [1.54, 1.807) is 17.6 Å². The van der Waals surface area contributed by atoms with Gasteiger partial charge in [-0.1, -0.05) is 41.1 Å². The van der Waals surface area contributed by atoms with E-state index in [4.69, 9.17) is 21.0 Å². The van der Waals surface area contributed by atoms with E-state index >= 15 is 0 Å². The Kier molecular flexibility index (Phi) is 7.70. The third-order valence-corrected chi connectivity index (χ3v) is 8.48. The van der Waals surface area contributed by atoms with E-state index in [0.717, 1.165) is 48.4 Å². The number of thiazole rings is 1. The standard InChI is InChI=1S/C30H26ClN3O2S2/c1-17-13-18(2)28(19(3)14-17)34-29(35)20(4)37-30-33-25-11-9-23(15-27(25)38-30)32-16-24-10-12-26(36-24)21-5-7-22(31)8-6-21/h5-16,20H,1-4H3,(H,34,35)/t20-/m1/s1. The van der Waals surface area contributed by atoms with Crippen molar-refractivity contribution in [1.82, 2.24) is 4.98 Å². The van der Waals surface area contributed by atoms with Gasteiger partial charge in [-0.2, -0.15) is 0 Å². The number of nitrogens with zero attached hydrogens (tertiary/aromatic N) is 2. The van der Waals surface area contributed by atoms with Crippen LogP contribution in [0, 0.1) is 20.8 Å². The van der Waals surface area contributed by atoms with Gasteiger partial charge in [-0.25, -0.2) is 4.98 Å². The fourth-order valence-electron chi connectivity index (χ4n) is 4.16. The second kappa shape index (κ2) is 11.2. The van der Waals surface area contributed by atoms with Gasteiger partial charge in [0.05, 0.1) is 27.4 Å². The van der Waals surface area contributed by atoms with Crippen LogP contribution in [0.2, 0.25) is 5.02 Å². The minimum Gasteiger partial charge on any atom is -0.455 e.